The van der Waals surface area contributed by atoms with Crippen molar-refractivity contribution in [2.75, 3.05) is 36.5 Å². The molecule has 2 heterocycles. The summed E-state index contributed by atoms with van der Waals surface area (Å²) in [6, 6.07) is 26.2. The predicted molar refractivity (Wildman–Crippen MR) is 154 cm³/mol. The molecule has 6 nitrogen and oxygen atoms in total. The molecule has 202 valence electrons. The van der Waals surface area contributed by atoms with Gasteiger partial charge in [0.15, 0.2) is 0 Å². The van der Waals surface area contributed by atoms with Gasteiger partial charge < -0.3 is 15.0 Å². The average molecular weight is 556 g/mol. The van der Waals surface area contributed by atoms with E-state index in [1.807, 2.05) is 54.6 Å². The van der Waals surface area contributed by atoms with Gasteiger partial charge in [0.1, 0.15) is 5.82 Å². The minimum Gasteiger partial charge on any atom is -0.378 e. The number of fused-ring (bicyclic) bond motifs is 2. The number of nitrogens with zero attached hydrogens (tertiary/aromatic N) is 2. The summed E-state index contributed by atoms with van der Waals surface area (Å²) in [6.07, 6.45) is 0. The fourth-order valence-corrected chi connectivity index (χ4v) is 5.64. The zero-order valence-electron chi connectivity index (χ0n) is 21.6. The number of halogens is 2. The second kappa shape index (κ2) is 11.2. The summed E-state index contributed by atoms with van der Waals surface area (Å²) in [6.45, 7) is 3.27. The molecule has 2 aliphatic heterocycles. The highest BCUT2D eigenvalue weighted by Gasteiger charge is 2.33. The molecule has 1 atom stereocenters. The number of carbonyl (C=O) groups is 2. The van der Waals surface area contributed by atoms with Crippen LogP contribution in [0.15, 0.2) is 91.0 Å². The van der Waals surface area contributed by atoms with Crippen LogP contribution in [-0.2, 0) is 11.3 Å². The van der Waals surface area contributed by atoms with Crippen molar-refractivity contribution >= 4 is 34.8 Å². The van der Waals surface area contributed by atoms with Gasteiger partial charge in [0.2, 0.25) is 0 Å². The van der Waals surface area contributed by atoms with Crippen LogP contribution in [0, 0.1) is 5.82 Å². The van der Waals surface area contributed by atoms with Crippen LogP contribution in [0.4, 0.5) is 15.8 Å². The Bertz CT molecular complexity index is 1580. The van der Waals surface area contributed by atoms with Crippen LogP contribution in [0.1, 0.15) is 26.3 Å². The van der Waals surface area contributed by atoms with Crippen LogP contribution in [0.25, 0.3) is 11.1 Å². The fraction of sp³-hybridized carbons (Fsp3) is 0.188. The molecule has 1 saturated heterocycles. The zero-order valence-corrected chi connectivity index (χ0v) is 22.4. The lowest BCUT2D eigenvalue weighted by molar-refractivity contribution is -0.00653. The monoisotopic (exact) mass is 555 g/mol. The highest BCUT2D eigenvalue weighted by atomic mass is 35.5. The Balaban J connectivity index is 1.26. The Hall–Kier alpha value is -4.04. The Morgan fingerprint density at radius 1 is 0.925 bits per heavy atom. The number of morpholine rings is 1. The van der Waals surface area contributed by atoms with Gasteiger partial charge in [0, 0.05) is 31.0 Å². The van der Waals surface area contributed by atoms with Crippen molar-refractivity contribution in [1.82, 2.24) is 4.90 Å². The van der Waals surface area contributed by atoms with Crippen molar-refractivity contribution in [2.24, 2.45) is 0 Å². The van der Waals surface area contributed by atoms with E-state index < -0.39 is 11.7 Å². The third-order valence-corrected chi connectivity index (χ3v) is 7.72. The van der Waals surface area contributed by atoms with E-state index in [4.69, 9.17) is 16.3 Å². The number of hydrogen-bond acceptors (Lipinski definition) is 4. The number of anilines is 2. The van der Waals surface area contributed by atoms with E-state index in [1.165, 1.54) is 12.1 Å². The molecule has 2 aliphatic rings. The maximum absolute atomic E-state index is 14.1. The summed E-state index contributed by atoms with van der Waals surface area (Å²) in [5.74, 6) is -1.21. The van der Waals surface area contributed by atoms with Gasteiger partial charge in [-0.1, -0.05) is 66.2 Å². The molecule has 0 radical (unpaired) electrons. The molecule has 2 amide bonds. The zero-order chi connectivity index (χ0) is 27.6. The third kappa shape index (κ3) is 5.23. The Morgan fingerprint density at radius 2 is 1.73 bits per heavy atom. The highest BCUT2D eigenvalue weighted by Crippen LogP contribution is 2.32. The van der Waals surface area contributed by atoms with Gasteiger partial charge in [-0.15, -0.1) is 0 Å². The van der Waals surface area contributed by atoms with E-state index in [0.29, 0.717) is 36.6 Å². The Labute approximate surface area is 236 Å². The first-order valence-electron chi connectivity index (χ1n) is 13.2. The maximum Gasteiger partial charge on any atom is 0.259 e. The largest absolute Gasteiger partial charge is 0.378 e. The second-order valence-corrected chi connectivity index (χ2v) is 10.4. The van der Waals surface area contributed by atoms with Crippen LogP contribution < -0.4 is 10.2 Å². The van der Waals surface area contributed by atoms with Gasteiger partial charge in [0.05, 0.1) is 35.4 Å². The van der Waals surface area contributed by atoms with Crippen molar-refractivity contribution in [3.8, 4) is 11.1 Å². The fourth-order valence-electron chi connectivity index (χ4n) is 5.38. The quantitative estimate of drug-likeness (QED) is 0.323. The summed E-state index contributed by atoms with van der Waals surface area (Å²) in [4.78, 5) is 31.2. The van der Waals surface area contributed by atoms with Gasteiger partial charge in [-0.25, -0.2) is 4.39 Å². The van der Waals surface area contributed by atoms with Gasteiger partial charge >= 0.3 is 0 Å². The molecule has 4 aromatic rings. The minimum absolute atomic E-state index is 0.0764. The standard InChI is InChI=1S/C32H27ClFN3O3/c33-29-17-24(35-31(38)28-16-23(34)10-12-26(28)21-6-2-1-3-7-21)11-13-27(29)32(39)37-19-25-20-40-15-14-36(25)18-22-8-4-5-9-30(22)37/h1-13,16-17,25H,14-15,18-20H2,(H,35,38)/t25-/m0/s1. The number of amides is 2. The second-order valence-electron chi connectivity index (χ2n) is 9.95. The number of benzene rings is 4. The van der Waals surface area contributed by atoms with E-state index in [-0.39, 0.29) is 22.5 Å². The number of ether oxygens (including phenoxy) is 1. The van der Waals surface area contributed by atoms with Crippen LogP contribution in [-0.4, -0.2) is 49.1 Å². The SMILES string of the molecule is O=C(Nc1ccc(C(=O)N2C[C@H]3COCCN3Cc3ccccc32)c(Cl)c1)c1cc(F)ccc1-c1ccccc1. The van der Waals surface area contributed by atoms with Crippen LogP contribution in [0.5, 0.6) is 0 Å². The van der Waals surface area contributed by atoms with Crippen LogP contribution >= 0.6 is 11.6 Å². The van der Waals surface area contributed by atoms with Crippen molar-refractivity contribution in [2.45, 2.75) is 12.6 Å². The Morgan fingerprint density at radius 3 is 2.55 bits per heavy atom. The van der Waals surface area contributed by atoms with Crippen molar-refractivity contribution in [1.29, 1.82) is 0 Å². The third-order valence-electron chi connectivity index (χ3n) is 7.41. The molecule has 0 spiro atoms. The van der Waals surface area contributed by atoms with Crippen molar-refractivity contribution in [3.05, 3.63) is 119 Å². The lowest BCUT2D eigenvalue weighted by Crippen LogP contribution is -2.50. The summed E-state index contributed by atoms with van der Waals surface area (Å²) < 4.78 is 19.8. The molecule has 40 heavy (non-hydrogen) atoms. The first-order valence-corrected chi connectivity index (χ1v) is 13.5. The molecule has 1 N–H and O–H groups in total. The molecule has 4 aromatic carbocycles. The smallest absolute Gasteiger partial charge is 0.259 e. The van der Waals surface area contributed by atoms with Crippen molar-refractivity contribution < 1.29 is 18.7 Å². The predicted octanol–water partition coefficient (Wildman–Crippen LogP) is 6.26. The molecule has 0 aromatic heterocycles. The topological polar surface area (TPSA) is 61.9 Å². The maximum atomic E-state index is 14.1. The van der Waals surface area contributed by atoms with Crippen LogP contribution in [0.3, 0.4) is 0 Å². The number of hydrogen-bond donors (Lipinski definition) is 1. The molecule has 8 heteroatoms. The number of carbonyl (C=O) groups excluding carboxylic acids is 2. The number of para-hydroxylation sites is 1. The molecule has 0 bridgehead atoms. The highest BCUT2D eigenvalue weighted by molar-refractivity contribution is 6.35. The molecule has 6 rings (SSSR count). The summed E-state index contributed by atoms with van der Waals surface area (Å²) in [5.41, 5.74) is 4.26. The van der Waals surface area contributed by atoms with Gasteiger partial charge in [-0.05, 0) is 53.1 Å². The number of nitrogens with one attached hydrogen (secondary N) is 1. The van der Waals surface area contributed by atoms with Gasteiger partial charge in [-0.2, -0.15) is 0 Å². The van der Waals surface area contributed by atoms with E-state index in [9.17, 15) is 14.0 Å². The van der Waals surface area contributed by atoms with E-state index in [2.05, 4.69) is 10.2 Å². The van der Waals surface area contributed by atoms with E-state index in [1.54, 1.807) is 29.2 Å². The van der Waals surface area contributed by atoms with E-state index >= 15 is 0 Å². The molecular weight excluding hydrogens is 529 g/mol. The van der Waals surface area contributed by atoms with Gasteiger partial charge in [0.25, 0.3) is 11.8 Å². The normalized spacial score (nSPS) is 16.9. The molecule has 1 fully saturated rings. The molecular formula is C32H27ClFN3O3. The summed E-state index contributed by atoms with van der Waals surface area (Å²) in [5, 5.41) is 3.02. The molecule has 0 aliphatic carbocycles. The first kappa shape index (κ1) is 26.2. The molecule has 0 saturated carbocycles. The summed E-state index contributed by atoms with van der Waals surface area (Å²) in [7, 11) is 0. The lowest BCUT2D eigenvalue weighted by atomic mass is 9.99. The van der Waals surface area contributed by atoms with Crippen molar-refractivity contribution in [3.63, 3.8) is 0 Å². The lowest BCUT2D eigenvalue weighted by Gasteiger charge is -2.35. The first-order chi connectivity index (χ1) is 19.5. The van der Waals surface area contributed by atoms with Gasteiger partial charge in [-0.3, -0.25) is 14.5 Å². The molecule has 0 unspecified atom stereocenters. The van der Waals surface area contributed by atoms with E-state index in [0.717, 1.165) is 29.9 Å². The summed E-state index contributed by atoms with van der Waals surface area (Å²) >= 11 is 6.64. The minimum atomic E-state index is -0.511. The number of rotatable bonds is 4. The Kier molecular flexibility index (Phi) is 7.34. The average Bonchev–Trinajstić information content (AvgIpc) is 3.14. The van der Waals surface area contributed by atoms with Crippen LogP contribution in [0.2, 0.25) is 5.02 Å².